The van der Waals surface area contributed by atoms with Gasteiger partial charge < -0.3 is 19.6 Å². The van der Waals surface area contributed by atoms with E-state index < -0.39 is 0 Å². The van der Waals surface area contributed by atoms with E-state index in [1.165, 1.54) is 6.26 Å². The molecule has 0 saturated heterocycles. The minimum Gasteiger partial charge on any atom is -0.459 e. The molecule has 0 unspecified atom stereocenters. The van der Waals surface area contributed by atoms with Crippen molar-refractivity contribution in [2.75, 3.05) is 11.9 Å². The van der Waals surface area contributed by atoms with Gasteiger partial charge in [0.25, 0.3) is 5.91 Å². The van der Waals surface area contributed by atoms with Gasteiger partial charge in [-0.25, -0.2) is 4.98 Å². The Morgan fingerprint density at radius 1 is 1.06 bits per heavy atom. The highest BCUT2D eigenvalue weighted by atomic mass is 16.3. The van der Waals surface area contributed by atoms with Gasteiger partial charge in [-0.15, -0.1) is 0 Å². The van der Waals surface area contributed by atoms with Crippen molar-refractivity contribution in [1.82, 2.24) is 14.9 Å². The molecule has 0 aliphatic carbocycles. The maximum atomic E-state index is 12.8. The number of amides is 2. The third-order valence-electron chi connectivity index (χ3n) is 5.30. The fourth-order valence-corrected chi connectivity index (χ4v) is 3.72. The number of carbonyl (C=O) groups excluding carboxylic acids is 2. The molecular formula is C25H26N4O3. The highest BCUT2D eigenvalue weighted by Gasteiger charge is 2.15. The number of benzene rings is 2. The van der Waals surface area contributed by atoms with Crippen LogP contribution >= 0.6 is 0 Å². The molecule has 4 rings (SSSR count). The molecule has 0 radical (unpaired) electrons. The fourth-order valence-electron chi connectivity index (χ4n) is 3.72. The number of anilines is 1. The van der Waals surface area contributed by atoms with E-state index in [1.54, 1.807) is 12.1 Å². The number of para-hydroxylation sites is 2. The molecule has 2 aromatic carbocycles. The Bertz CT molecular complexity index is 1240. The van der Waals surface area contributed by atoms with Gasteiger partial charge >= 0.3 is 0 Å². The van der Waals surface area contributed by atoms with Crippen LogP contribution in [0.2, 0.25) is 0 Å². The molecule has 0 spiro atoms. The molecule has 0 atom stereocenters. The Morgan fingerprint density at radius 2 is 1.91 bits per heavy atom. The number of nitrogens with one attached hydrogen (secondary N) is 2. The second-order valence-electron chi connectivity index (χ2n) is 7.81. The Morgan fingerprint density at radius 3 is 2.69 bits per heavy atom. The van der Waals surface area contributed by atoms with Gasteiger partial charge in [0.2, 0.25) is 5.91 Å². The number of furan rings is 1. The molecule has 7 nitrogen and oxygen atoms in total. The molecule has 2 aromatic heterocycles. The molecule has 2 N–H and O–H groups in total. The van der Waals surface area contributed by atoms with Crippen LogP contribution in [-0.4, -0.2) is 27.9 Å². The Labute approximate surface area is 186 Å². The van der Waals surface area contributed by atoms with E-state index in [2.05, 4.69) is 10.6 Å². The summed E-state index contributed by atoms with van der Waals surface area (Å²) in [7, 11) is 0. The van der Waals surface area contributed by atoms with Crippen LogP contribution in [0.5, 0.6) is 0 Å². The third kappa shape index (κ3) is 4.88. The van der Waals surface area contributed by atoms with Crippen LogP contribution in [0.15, 0.2) is 65.3 Å². The van der Waals surface area contributed by atoms with Crippen molar-refractivity contribution >= 4 is 28.5 Å². The summed E-state index contributed by atoms with van der Waals surface area (Å²) in [6.45, 7) is 4.66. The molecule has 32 heavy (non-hydrogen) atoms. The lowest BCUT2D eigenvalue weighted by atomic mass is 10.1. The van der Waals surface area contributed by atoms with Crippen molar-refractivity contribution in [3.8, 4) is 0 Å². The van der Waals surface area contributed by atoms with E-state index >= 15 is 0 Å². The first-order valence-electron chi connectivity index (χ1n) is 10.6. The summed E-state index contributed by atoms with van der Waals surface area (Å²) in [5, 5.41) is 5.85. The van der Waals surface area contributed by atoms with Crippen LogP contribution in [0.1, 0.15) is 33.9 Å². The van der Waals surface area contributed by atoms with Crippen LogP contribution in [0.25, 0.3) is 11.0 Å². The van der Waals surface area contributed by atoms with E-state index in [9.17, 15) is 9.59 Å². The first-order chi connectivity index (χ1) is 15.5. The highest BCUT2D eigenvalue weighted by Crippen LogP contribution is 2.19. The number of imidazole rings is 1. The van der Waals surface area contributed by atoms with Crippen LogP contribution in [-0.2, 0) is 17.8 Å². The smallest absolute Gasteiger partial charge is 0.286 e. The normalized spacial score (nSPS) is 10.9. The summed E-state index contributed by atoms with van der Waals surface area (Å²) >= 11 is 0. The molecule has 7 heteroatoms. The Kier molecular flexibility index (Phi) is 6.35. The summed E-state index contributed by atoms with van der Waals surface area (Å²) < 4.78 is 7.05. The van der Waals surface area contributed by atoms with Crippen molar-refractivity contribution in [3.05, 3.63) is 83.6 Å². The predicted octanol–water partition coefficient (Wildman–Crippen LogP) is 4.25. The minimum absolute atomic E-state index is 0.104. The number of carbonyl (C=O) groups is 2. The van der Waals surface area contributed by atoms with Crippen LogP contribution in [0.3, 0.4) is 0 Å². The lowest BCUT2D eigenvalue weighted by Crippen LogP contribution is -2.25. The van der Waals surface area contributed by atoms with Crippen LogP contribution in [0, 0.1) is 13.8 Å². The van der Waals surface area contributed by atoms with Crippen molar-refractivity contribution in [2.45, 2.75) is 33.2 Å². The number of fused-ring (bicyclic) bond motifs is 1. The quantitative estimate of drug-likeness (QED) is 0.409. The van der Waals surface area contributed by atoms with E-state index in [4.69, 9.17) is 9.40 Å². The highest BCUT2D eigenvalue weighted by molar-refractivity contribution is 5.92. The molecule has 0 aliphatic heterocycles. The second-order valence-corrected chi connectivity index (χ2v) is 7.81. The lowest BCUT2D eigenvalue weighted by Gasteiger charge is -2.12. The lowest BCUT2D eigenvalue weighted by molar-refractivity contribution is -0.116. The zero-order valence-corrected chi connectivity index (χ0v) is 18.2. The molecule has 0 saturated carbocycles. The summed E-state index contributed by atoms with van der Waals surface area (Å²) in [5.41, 5.74) is 4.76. The van der Waals surface area contributed by atoms with Crippen LogP contribution in [0.4, 0.5) is 5.69 Å². The Balaban J connectivity index is 1.44. The average molecular weight is 431 g/mol. The largest absolute Gasteiger partial charge is 0.459 e. The molecule has 0 bridgehead atoms. The zero-order chi connectivity index (χ0) is 22.5. The van der Waals surface area contributed by atoms with Gasteiger partial charge in [0, 0.05) is 18.7 Å². The first kappa shape index (κ1) is 21.4. The fraction of sp³-hybridized carbons (Fsp3) is 0.240. The van der Waals surface area contributed by atoms with E-state index in [-0.39, 0.29) is 18.4 Å². The van der Waals surface area contributed by atoms with Crippen molar-refractivity contribution in [3.63, 3.8) is 0 Å². The molecule has 2 amide bonds. The summed E-state index contributed by atoms with van der Waals surface area (Å²) in [6, 6.07) is 17.0. The SMILES string of the molecule is Cc1ccc(NC(=O)Cn2c(CCCNC(=O)c3ccco3)nc3ccccc32)c(C)c1. The first-order valence-corrected chi connectivity index (χ1v) is 10.6. The van der Waals surface area contributed by atoms with Crippen LogP contribution < -0.4 is 10.6 Å². The van der Waals surface area contributed by atoms with Gasteiger partial charge in [-0.2, -0.15) is 0 Å². The van der Waals surface area contributed by atoms with Gasteiger partial charge in [-0.1, -0.05) is 29.8 Å². The number of aryl methyl sites for hydroxylation is 3. The minimum atomic E-state index is -0.239. The molecular weight excluding hydrogens is 404 g/mol. The van der Waals surface area contributed by atoms with E-state index in [0.29, 0.717) is 25.1 Å². The van der Waals surface area contributed by atoms with Gasteiger partial charge in [-0.05, 0) is 56.2 Å². The van der Waals surface area contributed by atoms with Crippen molar-refractivity contribution < 1.29 is 14.0 Å². The Hall–Kier alpha value is -3.87. The number of hydrogen-bond donors (Lipinski definition) is 2. The van der Waals surface area contributed by atoms with E-state index in [0.717, 1.165) is 33.7 Å². The maximum absolute atomic E-state index is 12.8. The van der Waals surface area contributed by atoms with Crippen molar-refractivity contribution in [1.29, 1.82) is 0 Å². The van der Waals surface area contributed by atoms with E-state index in [1.807, 2.05) is 60.9 Å². The third-order valence-corrected chi connectivity index (χ3v) is 5.30. The second kappa shape index (κ2) is 9.51. The van der Waals surface area contributed by atoms with Gasteiger partial charge in [0.15, 0.2) is 5.76 Å². The molecule has 4 aromatic rings. The number of nitrogens with zero attached hydrogens (tertiary/aromatic N) is 2. The van der Waals surface area contributed by atoms with Gasteiger partial charge in [-0.3, -0.25) is 9.59 Å². The number of aromatic nitrogens is 2. The monoisotopic (exact) mass is 430 g/mol. The summed E-state index contributed by atoms with van der Waals surface area (Å²) in [4.78, 5) is 29.6. The molecule has 0 fully saturated rings. The summed E-state index contributed by atoms with van der Waals surface area (Å²) in [5.74, 6) is 0.762. The van der Waals surface area contributed by atoms with Crippen molar-refractivity contribution in [2.24, 2.45) is 0 Å². The predicted molar refractivity (Wildman–Crippen MR) is 124 cm³/mol. The molecule has 0 aliphatic rings. The standard InChI is InChI=1S/C25H26N4O3/c1-17-11-12-19(18(2)15-17)28-24(30)16-29-21-8-4-3-7-20(21)27-23(29)10-5-13-26-25(31)22-9-6-14-32-22/h3-4,6-9,11-12,14-15H,5,10,13,16H2,1-2H3,(H,26,31)(H,28,30). The summed E-state index contributed by atoms with van der Waals surface area (Å²) in [6.07, 6.45) is 2.79. The van der Waals surface area contributed by atoms with Gasteiger partial charge in [0.1, 0.15) is 12.4 Å². The topological polar surface area (TPSA) is 89.2 Å². The number of hydrogen-bond acceptors (Lipinski definition) is 4. The number of rotatable bonds is 8. The van der Waals surface area contributed by atoms with Gasteiger partial charge in [0.05, 0.1) is 17.3 Å². The zero-order valence-electron chi connectivity index (χ0n) is 18.2. The molecule has 2 heterocycles. The molecule has 164 valence electrons. The average Bonchev–Trinajstić information content (AvgIpc) is 3.42. The maximum Gasteiger partial charge on any atom is 0.286 e.